The lowest BCUT2D eigenvalue weighted by Crippen LogP contribution is -2.31. The summed E-state index contributed by atoms with van der Waals surface area (Å²) < 4.78 is 7.28. The Bertz CT molecular complexity index is 958. The van der Waals surface area contributed by atoms with Crippen LogP contribution in [0.5, 0.6) is 0 Å². The largest absolute Gasteiger partial charge is 0.376 e. The van der Waals surface area contributed by atoms with E-state index >= 15 is 0 Å². The van der Waals surface area contributed by atoms with Gasteiger partial charge < -0.3 is 10.1 Å². The first kappa shape index (κ1) is 16.7. The van der Waals surface area contributed by atoms with Crippen LogP contribution < -0.4 is 5.32 Å². The van der Waals surface area contributed by atoms with E-state index < -0.39 is 0 Å². The van der Waals surface area contributed by atoms with Crippen molar-refractivity contribution in [1.29, 1.82) is 0 Å². The molecule has 1 aromatic carbocycles. The van der Waals surface area contributed by atoms with E-state index in [0.717, 1.165) is 30.7 Å². The number of hydrogen-bond donors (Lipinski definition) is 1. The molecule has 1 N–H and O–H groups in total. The maximum absolute atomic E-state index is 12.6. The standard InChI is InChI=1S/C20H22N4O2/c1-13-5-6-15(10-14(13)2)18-7-8-21-19-17(12-23-24(18)19)20(25)22-11-16-4-3-9-26-16/h5-8,10,12,16H,3-4,9,11H2,1-2H3,(H,22,25). The molecule has 3 heterocycles. The summed E-state index contributed by atoms with van der Waals surface area (Å²) in [7, 11) is 0. The summed E-state index contributed by atoms with van der Waals surface area (Å²) in [5.41, 5.74) is 5.47. The van der Waals surface area contributed by atoms with Crippen LogP contribution in [0.1, 0.15) is 34.3 Å². The number of ether oxygens (including phenoxy) is 1. The summed E-state index contributed by atoms with van der Waals surface area (Å²) in [6.45, 7) is 5.47. The maximum atomic E-state index is 12.6. The highest BCUT2D eigenvalue weighted by Gasteiger charge is 2.20. The molecule has 6 nitrogen and oxygen atoms in total. The Kier molecular flexibility index (Phi) is 4.42. The number of hydrogen-bond acceptors (Lipinski definition) is 4. The van der Waals surface area contributed by atoms with Crippen molar-refractivity contribution in [1.82, 2.24) is 19.9 Å². The highest BCUT2D eigenvalue weighted by Crippen LogP contribution is 2.23. The van der Waals surface area contributed by atoms with Crippen molar-refractivity contribution in [2.45, 2.75) is 32.8 Å². The molecule has 134 valence electrons. The van der Waals surface area contributed by atoms with Crippen molar-refractivity contribution >= 4 is 11.6 Å². The van der Waals surface area contributed by atoms with Crippen LogP contribution >= 0.6 is 0 Å². The van der Waals surface area contributed by atoms with Gasteiger partial charge in [0.1, 0.15) is 5.56 Å². The van der Waals surface area contributed by atoms with Gasteiger partial charge in [-0.1, -0.05) is 12.1 Å². The van der Waals surface area contributed by atoms with Gasteiger partial charge in [0.25, 0.3) is 5.91 Å². The third-order valence-electron chi connectivity index (χ3n) is 4.96. The van der Waals surface area contributed by atoms with Crippen LogP contribution in [-0.4, -0.2) is 39.8 Å². The monoisotopic (exact) mass is 350 g/mol. The second-order valence-electron chi connectivity index (χ2n) is 6.77. The number of nitrogens with one attached hydrogen (secondary N) is 1. The SMILES string of the molecule is Cc1ccc(-c2ccnc3c(C(=O)NCC4CCCO4)cnn23)cc1C. The van der Waals surface area contributed by atoms with Crippen LogP contribution in [0.2, 0.25) is 0 Å². The average Bonchev–Trinajstić information content (AvgIpc) is 3.31. The summed E-state index contributed by atoms with van der Waals surface area (Å²) in [6.07, 6.45) is 5.46. The first-order valence-electron chi connectivity index (χ1n) is 8.93. The fourth-order valence-corrected chi connectivity index (χ4v) is 3.28. The lowest BCUT2D eigenvalue weighted by molar-refractivity contribution is 0.0859. The molecule has 26 heavy (non-hydrogen) atoms. The number of fused-ring (bicyclic) bond motifs is 1. The van der Waals surface area contributed by atoms with Crippen molar-refractivity contribution in [3.8, 4) is 11.3 Å². The van der Waals surface area contributed by atoms with Gasteiger partial charge in [-0.2, -0.15) is 5.10 Å². The Labute approximate surface area is 152 Å². The van der Waals surface area contributed by atoms with Gasteiger partial charge >= 0.3 is 0 Å². The third kappa shape index (κ3) is 3.08. The first-order valence-corrected chi connectivity index (χ1v) is 8.93. The molecular weight excluding hydrogens is 328 g/mol. The van der Waals surface area contributed by atoms with Gasteiger partial charge in [-0.3, -0.25) is 4.79 Å². The van der Waals surface area contributed by atoms with Crippen molar-refractivity contribution in [2.24, 2.45) is 0 Å². The normalized spacial score (nSPS) is 16.9. The highest BCUT2D eigenvalue weighted by molar-refractivity contribution is 5.99. The Morgan fingerprint density at radius 3 is 2.96 bits per heavy atom. The van der Waals surface area contributed by atoms with Crippen molar-refractivity contribution in [2.75, 3.05) is 13.2 Å². The summed E-state index contributed by atoms with van der Waals surface area (Å²) >= 11 is 0. The number of nitrogens with zero attached hydrogens (tertiary/aromatic N) is 3. The second-order valence-corrected chi connectivity index (χ2v) is 6.77. The van der Waals surface area contributed by atoms with Gasteiger partial charge in [-0.15, -0.1) is 0 Å². The molecule has 1 atom stereocenters. The lowest BCUT2D eigenvalue weighted by Gasteiger charge is -2.10. The smallest absolute Gasteiger partial charge is 0.256 e. The van der Waals surface area contributed by atoms with Gasteiger partial charge in [-0.25, -0.2) is 9.50 Å². The Balaban J connectivity index is 1.64. The van der Waals surface area contributed by atoms with Crippen molar-refractivity contribution in [3.63, 3.8) is 0 Å². The summed E-state index contributed by atoms with van der Waals surface area (Å²) in [4.78, 5) is 16.9. The van der Waals surface area contributed by atoms with Gasteiger partial charge in [0.05, 0.1) is 18.0 Å². The predicted molar refractivity (Wildman–Crippen MR) is 99.2 cm³/mol. The second kappa shape index (κ2) is 6.88. The molecule has 0 spiro atoms. The fourth-order valence-electron chi connectivity index (χ4n) is 3.28. The zero-order valence-corrected chi connectivity index (χ0v) is 15.0. The number of rotatable bonds is 4. The van der Waals surface area contributed by atoms with Gasteiger partial charge in [-0.05, 0) is 49.9 Å². The molecule has 1 saturated heterocycles. The van der Waals surface area contributed by atoms with E-state index in [-0.39, 0.29) is 12.0 Å². The summed E-state index contributed by atoms with van der Waals surface area (Å²) in [6, 6.07) is 8.20. The molecule has 0 bridgehead atoms. The fraction of sp³-hybridized carbons (Fsp3) is 0.350. The van der Waals surface area contributed by atoms with E-state index in [0.29, 0.717) is 17.8 Å². The Morgan fingerprint density at radius 2 is 2.19 bits per heavy atom. The van der Waals surface area contributed by atoms with Gasteiger partial charge in [0.15, 0.2) is 5.65 Å². The predicted octanol–water partition coefficient (Wildman–Crippen LogP) is 2.92. The average molecular weight is 350 g/mol. The maximum Gasteiger partial charge on any atom is 0.256 e. The quantitative estimate of drug-likeness (QED) is 0.785. The molecular formula is C20H22N4O2. The zero-order chi connectivity index (χ0) is 18.1. The molecule has 1 fully saturated rings. The van der Waals surface area contributed by atoms with Crippen LogP contribution in [0, 0.1) is 13.8 Å². The molecule has 0 saturated carbocycles. The molecule has 0 aliphatic carbocycles. The van der Waals surface area contributed by atoms with Crippen LogP contribution in [0.25, 0.3) is 16.9 Å². The van der Waals surface area contributed by atoms with E-state index in [1.807, 2.05) is 6.07 Å². The number of aromatic nitrogens is 3. The topological polar surface area (TPSA) is 68.5 Å². The van der Waals surface area contributed by atoms with E-state index in [1.165, 1.54) is 11.1 Å². The van der Waals surface area contributed by atoms with E-state index in [2.05, 4.69) is 47.4 Å². The highest BCUT2D eigenvalue weighted by atomic mass is 16.5. The summed E-state index contributed by atoms with van der Waals surface area (Å²) in [5, 5.41) is 7.35. The van der Waals surface area contributed by atoms with Crippen molar-refractivity contribution < 1.29 is 9.53 Å². The lowest BCUT2D eigenvalue weighted by atomic mass is 10.0. The number of aryl methyl sites for hydroxylation is 2. The van der Waals surface area contributed by atoms with Crippen molar-refractivity contribution in [3.05, 3.63) is 53.3 Å². The number of benzene rings is 1. The molecule has 0 radical (unpaired) electrons. The van der Waals surface area contributed by atoms with Crippen LogP contribution in [0.3, 0.4) is 0 Å². The van der Waals surface area contributed by atoms with Crippen LogP contribution in [0.15, 0.2) is 36.7 Å². The van der Waals surface area contributed by atoms with Crippen LogP contribution in [0.4, 0.5) is 0 Å². The minimum atomic E-state index is -0.166. The molecule has 1 aliphatic heterocycles. The third-order valence-corrected chi connectivity index (χ3v) is 4.96. The minimum Gasteiger partial charge on any atom is -0.376 e. The first-order chi connectivity index (χ1) is 12.6. The molecule has 4 rings (SSSR count). The number of amides is 1. The Hall–Kier alpha value is -2.73. The molecule has 2 aromatic heterocycles. The Morgan fingerprint density at radius 1 is 1.31 bits per heavy atom. The molecule has 3 aromatic rings. The van der Waals surface area contributed by atoms with E-state index in [9.17, 15) is 4.79 Å². The molecule has 1 amide bonds. The van der Waals surface area contributed by atoms with Gasteiger partial charge in [0.2, 0.25) is 0 Å². The van der Waals surface area contributed by atoms with E-state index in [4.69, 9.17) is 4.74 Å². The number of carbonyl (C=O) groups is 1. The van der Waals surface area contributed by atoms with E-state index in [1.54, 1.807) is 16.9 Å². The van der Waals surface area contributed by atoms with Crippen LogP contribution in [-0.2, 0) is 4.74 Å². The molecule has 1 aliphatic rings. The molecule has 1 unspecified atom stereocenters. The number of carbonyl (C=O) groups excluding carboxylic acids is 1. The van der Waals surface area contributed by atoms with Gasteiger partial charge in [0, 0.05) is 24.9 Å². The molecule has 6 heteroatoms. The minimum absolute atomic E-state index is 0.111. The summed E-state index contributed by atoms with van der Waals surface area (Å²) in [5.74, 6) is -0.166. The zero-order valence-electron chi connectivity index (χ0n) is 15.0.